The topological polar surface area (TPSA) is 73.7 Å². The smallest absolute Gasteiger partial charge is 0.337 e. The molecule has 0 aliphatic carbocycles. The molecular formula is C13H16ClN3O3. The number of likely N-dealkylation sites (tertiary alicyclic amines) is 1. The minimum absolute atomic E-state index is 0.0259. The van der Waals surface area contributed by atoms with Crippen molar-refractivity contribution in [3.05, 3.63) is 22.8 Å². The highest BCUT2D eigenvalue weighted by Gasteiger charge is 2.20. The van der Waals surface area contributed by atoms with Crippen LogP contribution >= 0.6 is 11.6 Å². The fourth-order valence-corrected chi connectivity index (χ4v) is 2.48. The predicted molar refractivity (Wildman–Crippen MR) is 75.3 cm³/mol. The summed E-state index contributed by atoms with van der Waals surface area (Å²) >= 11 is 6.02. The van der Waals surface area contributed by atoms with E-state index >= 15 is 0 Å². The Morgan fingerprint density at radius 3 is 2.65 bits per heavy atom. The molecule has 0 radical (unpaired) electrons. The van der Waals surface area contributed by atoms with Crippen molar-refractivity contribution in [3.8, 4) is 0 Å². The molecular weight excluding hydrogens is 282 g/mol. The highest BCUT2D eigenvalue weighted by molar-refractivity contribution is 6.33. The number of halogens is 1. The largest absolute Gasteiger partial charge is 0.478 e. The quantitative estimate of drug-likeness (QED) is 0.911. The zero-order valence-electron chi connectivity index (χ0n) is 11.2. The number of hydrogen-bond donors (Lipinski definition) is 1. The van der Waals surface area contributed by atoms with E-state index in [0.717, 1.165) is 25.9 Å². The molecule has 108 valence electrons. The number of carbonyl (C=O) groups is 2. The molecule has 1 saturated heterocycles. The number of aromatic carboxylic acids is 1. The summed E-state index contributed by atoms with van der Waals surface area (Å²) in [6.45, 7) is 1.77. The lowest BCUT2D eigenvalue weighted by Gasteiger charge is -2.22. The number of rotatable bonds is 4. The Bertz CT molecular complexity index is 530. The first-order valence-electron chi connectivity index (χ1n) is 6.37. The summed E-state index contributed by atoms with van der Waals surface area (Å²) in [6, 6.07) is 1.34. The van der Waals surface area contributed by atoms with Crippen LogP contribution < -0.4 is 4.90 Å². The first kappa shape index (κ1) is 14.6. The van der Waals surface area contributed by atoms with E-state index in [2.05, 4.69) is 4.98 Å². The number of likely N-dealkylation sites (N-methyl/N-ethyl adjacent to an activating group) is 1. The molecule has 2 heterocycles. The van der Waals surface area contributed by atoms with Gasteiger partial charge in [0.25, 0.3) is 0 Å². The molecule has 0 bridgehead atoms. The van der Waals surface area contributed by atoms with Crippen LogP contribution in [0.25, 0.3) is 0 Å². The maximum absolute atomic E-state index is 12.0. The summed E-state index contributed by atoms with van der Waals surface area (Å²) in [6.07, 6.45) is 3.32. The fourth-order valence-electron chi connectivity index (χ4n) is 2.17. The summed E-state index contributed by atoms with van der Waals surface area (Å²) in [5.74, 6) is -0.642. The second-order valence-corrected chi connectivity index (χ2v) is 5.19. The standard InChI is InChI=1S/C13H16ClN3O3/c1-16(8-11(18)17-4-2-3-5-17)12-10(14)6-9(7-15-12)13(19)20/h6-7H,2-5,8H2,1H3,(H,19,20). The van der Waals surface area contributed by atoms with E-state index in [0.29, 0.717) is 5.82 Å². The van der Waals surface area contributed by atoms with Gasteiger partial charge in [-0.15, -0.1) is 0 Å². The van der Waals surface area contributed by atoms with Crippen LogP contribution in [0.2, 0.25) is 5.02 Å². The van der Waals surface area contributed by atoms with Crippen molar-refractivity contribution in [2.75, 3.05) is 31.6 Å². The minimum atomic E-state index is -1.08. The molecule has 0 spiro atoms. The molecule has 1 aliphatic rings. The van der Waals surface area contributed by atoms with Crippen molar-refractivity contribution >= 4 is 29.3 Å². The summed E-state index contributed by atoms with van der Waals surface area (Å²) in [5, 5.41) is 9.08. The molecule has 6 nitrogen and oxygen atoms in total. The first-order chi connectivity index (χ1) is 9.49. The Kier molecular flexibility index (Phi) is 4.44. The number of pyridine rings is 1. The lowest BCUT2D eigenvalue weighted by atomic mass is 10.3. The molecule has 1 fully saturated rings. The lowest BCUT2D eigenvalue weighted by molar-refractivity contribution is -0.128. The Morgan fingerprint density at radius 1 is 1.45 bits per heavy atom. The maximum Gasteiger partial charge on any atom is 0.337 e. The van der Waals surface area contributed by atoms with Crippen molar-refractivity contribution in [1.29, 1.82) is 0 Å². The molecule has 2 rings (SSSR count). The molecule has 0 unspecified atom stereocenters. The third-order valence-corrected chi connectivity index (χ3v) is 3.54. The van der Waals surface area contributed by atoms with Crippen LogP contribution in [0.5, 0.6) is 0 Å². The van der Waals surface area contributed by atoms with E-state index in [1.54, 1.807) is 11.9 Å². The van der Waals surface area contributed by atoms with Crippen LogP contribution in [0.3, 0.4) is 0 Å². The van der Waals surface area contributed by atoms with Crippen LogP contribution in [0.4, 0.5) is 5.82 Å². The van der Waals surface area contributed by atoms with Crippen LogP contribution in [0.15, 0.2) is 12.3 Å². The third-order valence-electron chi connectivity index (χ3n) is 3.26. The average molecular weight is 298 g/mol. The van der Waals surface area contributed by atoms with Gasteiger partial charge in [-0.05, 0) is 18.9 Å². The van der Waals surface area contributed by atoms with Crippen LogP contribution in [0, 0.1) is 0 Å². The fraction of sp³-hybridized carbons (Fsp3) is 0.462. The normalized spacial score (nSPS) is 14.4. The number of anilines is 1. The van der Waals surface area contributed by atoms with E-state index in [1.165, 1.54) is 12.3 Å². The monoisotopic (exact) mass is 297 g/mol. The molecule has 0 atom stereocenters. The van der Waals surface area contributed by atoms with Crippen molar-refractivity contribution in [3.63, 3.8) is 0 Å². The number of carboxylic acids is 1. The zero-order chi connectivity index (χ0) is 14.7. The summed E-state index contributed by atoms with van der Waals surface area (Å²) in [4.78, 5) is 30.3. The van der Waals surface area contributed by atoms with Gasteiger partial charge in [-0.25, -0.2) is 9.78 Å². The maximum atomic E-state index is 12.0. The van der Waals surface area contributed by atoms with Gasteiger partial charge in [-0.2, -0.15) is 0 Å². The van der Waals surface area contributed by atoms with Gasteiger partial charge >= 0.3 is 5.97 Å². The van der Waals surface area contributed by atoms with Crippen LogP contribution in [-0.4, -0.2) is 53.5 Å². The predicted octanol–water partition coefficient (Wildman–Crippen LogP) is 1.49. The Balaban J connectivity index is 2.06. The van der Waals surface area contributed by atoms with E-state index in [4.69, 9.17) is 16.7 Å². The van der Waals surface area contributed by atoms with Gasteiger partial charge in [-0.3, -0.25) is 4.79 Å². The Morgan fingerprint density at radius 2 is 2.10 bits per heavy atom. The van der Waals surface area contributed by atoms with Gasteiger partial charge in [0.2, 0.25) is 5.91 Å². The van der Waals surface area contributed by atoms with Gasteiger partial charge in [0, 0.05) is 26.3 Å². The van der Waals surface area contributed by atoms with Crippen LogP contribution in [-0.2, 0) is 4.79 Å². The SMILES string of the molecule is CN(CC(=O)N1CCCC1)c1ncc(C(=O)O)cc1Cl. The third kappa shape index (κ3) is 3.19. The van der Waals surface area contributed by atoms with Crippen molar-refractivity contribution in [1.82, 2.24) is 9.88 Å². The van der Waals surface area contributed by atoms with Gasteiger partial charge in [0.1, 0.15) is 5.82 Å². The molecule has 1 amide bonds. The van der Waals surface area contributed by atoms with E-state index in [-0.39, 0.29) is 23.0 Å². The first-order valence-corrected chi connectivity index (χ1v) is 6.74. The zero-order valence-corrected chi connectivity index (χ0v) is 11.9. The van der Waals surface area contributed by atoms with Crippen molar-refractivity contribution in [2.45, 2.75) is 12.8 Å². The lowest BCUT2D eigenvalue weighted by Crippen LogP contribution is -2.37. The van der Waals surface area contributed by atoms with E-state index in [1.807, 2.05) is 4.90 Å². The number of amides is 1. The molecule has 20 heavy (non-hydrogen) atoms. The van der Waals surface area contributed by atoms with Gasteiger partial charge < -0.3 is 14.9 Å². The molecule has 7 heteroatoms. The average Bonchev–Trinajstić information content (AvgIpc) is 2.92. The van der Waals surface area contributed by atoms with E-state index < -0.39 is 5.97 Å². The molecule has 1 N–H and O–H groups in total. The van der Waals surface area contributed by atoms with Gasteiger partial charge in [-0.1, -0.05) is 11.6 Å². The Hall–Kier alpha value is -1.82. The second kappa shape index (κ2) is 6.09. The Labute approximate surface area is 122 Å². The molecule has 1 aromatic rings. The number of nitrogens with zero attached hydrogens (tertiary/aromatic N) is 3. The summed E-state index contributed by atoms with van der Waals surface area (Å²) in [5.41, 5.74) is 0.0259. The van der Waals surface area contributed by atoms with Crippen molar-refractivity contribution in [2.24, 2.45) is 0 Å². The molecule has 1 aliphatic heterocycles. The molecule has 1 aromatic heterocycles. The van der Waals surface area contributed by atoms with Gasteiger partial charge in [0.15, 0.2) is 0 Å². The highest BCUT2D eigenvalue weighted by atomic mass is 35.5. The van der Waals surface area contributed by atoms with Crippen molar-refractivity contribution < 1.29 is 14.7 Å². The highest BCUT2D eigenvalue weighted by Crippen LogP contribution is 2.23. The number of hydrogen-bond acceptors (Lipinski definition) is 4. The second-order valence-electron chi connectivity index (χ2n) is 4.78. The number of aromatic nitrogens is 1. The number of carboxylic acid groups (broad SMARTS) is 1. The molecule has 0 saturated carbocycles. The molecule has 0 aromatic carbocycles. The van der Waals surface area contributed by atoms with Gasteiger partial charge in [0.05, 0.1) is 17.1 Å². The summed E-state index contributed by atoms with van der Waals surface area (Å²) < 4.78 is 0. The van der Waals surface area contributed by atoms with E-state index in [9.17, 15) is 9.59 Å². The summed E-state index contributed by atoms with van der Waals surface area (Å²) in [7, 11) is 1.71. The minimum Gasteiger partial charge on any atom is -0.478 e. The number of carbonyl (C=O) groups excluding carboxylic acids is 1. The van der Waals surface area contributed by atoms with Crippen LogP contribution in [0.1, 0.15) is 23.2 Å².